The van der Waals surface area contributed by atoms with Crippen molar-refractivity contribution in [3.63, 3.8) is 0 Å². The third-order valence-electron chi connectivity index (χ3n) is 4.22. The van der Waals surface area contributed by atoms with Gasteiger partial charge < -0.3 is 34.0 Å². The Kier molecular flexibility index (Phi) is 4.91. The molecule has 0 amide bonds. The maximum atomic E-state index is 2.65. The van der Waals surface area contributed by atoms with E-state index in [4.69, 9.17) is 0 Å². The van der Waals surface area contributed by atoms with E-state index in [0.29, 0.717) is 0 Å². The molecular formula is C12H18As2Br2. The number of hydrogen-bond acceptors (Lipinski definition) is 0. The third-order valence-corrected chi connectivity index (χ3v) is 25.1. The molecule has 3 heterocycles. The first-order valence-corrected chi connectivity index (χ1v) is 16.4. The van der Waals surface area contributed by atoms with E-state index in [1.165, 1.54) is 0 Å². The van der Waals surface area contributed by atoms with Gasteiger partial charge in [-0.3, -0.25) is 0 Å². The van der Waals surface area contributed by atoms with Crippen molar-refractivity contribution in [3.8, 4) is 0 Å². The smallest absolute Gasteiger partial charge is 1.00 e. The van der Waals surface area contributed by atoms with Gasteiger partial charge in [0.05, 0.1) is 0 Å². The van der Waals surface area contributed by atoms with Crippen LogP contribution in [-0.4, -0.2) is 27.1 Å². The molecule has 90 valence electrons. The van der Waals surface area contributed by atoms with Gasteiger partial charge in [-0.2, -0.15) is 0 Å². The fraction of sp³-hybridized carbons (Fsp3) is 0.500. The zero-order valence-corrected chi connectivity index (χ0v) is 16.7. The van der Waals surface area contributed by atoms with E-state index in [-0.39, 0.29) is 34.0 Å². The van der Waals surface area contributed by atoms with Crippen molar-refractivity contribution < 1.29 is 34.0 Å². The molecule has 16 heavy (non-hydrogen) atoms. The maximum absolute atomic E-state index is 2.65. The summed E-state index contributed by atoms with van der Waals surface area (Å²) in [5, 5.41) is 6.55. The van der Waals surface area contributed by atoms with E-state index in [1.54, 1.807) is 20.8 Å². The van der Waals surface area contributed by atoms with E-state index in [0.717, 1.165) is 0 Å². The minimum absolute atomic E-state index is 0. The van der Waals surface area contributed by atoms with Gasteiger partial charge in [0.2, 0.25) is 0 Å². The van der Waals surface area contributed by atoms with Crippen molar-refractivity contribution >= 4 is 35.8 Å². The van der Waals surface area contributed by atoms with Crippen LogP contribution in [0.4, 0.5) is 0 Å². The topological polar surface area (TPSA) is 0 Å². The van der Waals surface area contributed by atoms with E-state index in [9.17, 15) is 0 Å². The van der Waals surface area contributed by atoms with E-state index in [2.05, 4.69) is 35.7 Å². The Bertz CT molecular complexity index is 347. The summed E-state index contributed by atoms with van der Waals surface area (Å²) in [6, 6.07) is 9.49. The molecule has 2 bridgehead atoms. The fourth-order valence-corrected chi connectivity index (χ4v) is 38.6. The molecule has 3 aliphatic heterocycles. The van der Waals surface area contributed by atoms with Gasteiger partial charge >= 0.3 is 92.3 Å². The first kappa shape index (κ1) is 15.4. The summed E-state index contributed by atoms with van der Waals surface area (Å²) in [5.41, 5.74) is 5.30. The van der Waals surface area contributed by atoms with Crippen LogP contribution >= 0.6 is 0 Å². The molecule has 1 aromatic carbocycles. The Labute approximate surface area is 125 Å². The molecule has 0 radical (unpaired) electrons. The summed E-state index contributed by atoms with van der Waals surface area (Å²) in [4.78, 5) is 0. The van der Waals surface area contributed by atoms with Crippen molar-refractivity contribution in [1.29, 1.82) is 0 Å². The standard InChI is InChI=1S/C12H18As2.2BrH/c1-13-7-9-14(2,10-8-13)12-6-4-3-5-11(12)13;;/h3-6H,7-10H2,1-2H3;2*1H/q+2;;/p-2. The molecule has 1 aromatic rings. The van der Waals surface area contributed by atoms with Crippen molar-refractivity contribution in [1.82, 2.24) is 0 Å². The van der Waals surface area contributed by atoms with Crippen molar-refractivity contribution in [2.45, 2.75) is 32.3 Å². The number of fused-ring (bicyclic) bond motifs is 2. The predicted molar refractivity (Wildman–Crippen MR) is 68.2 cm³/mol. The number of benzene rings is 1. The Hall–Kier alpha value is 1.30. The zero-order chi connectivity index (χ0) is 9.81. The minimum Gasteiger partial charge on any atom is -1.00 e. The van der Waals surface area contributed by atoms with Gasteiger partial charge in [0.1, 0.15) is 0 Å². The minimum atomic E-state index is -1.33. The van der Waals surface area contributed by atoms with Crippen LogP contribution in [0.15, 0.2) is 24.3 Å². The molecule has 0 atom stereocenters. The molecule has 0 N–H and O–H groups in total. The average Bonchev–Trinajstić information content (AvgIpc) is 2.22. The maximum Gasteiger partial charge on any atom is -1.00 e. The second kappa shape index (κ2) is 5.12. The van der Waals surface area contributed by atoms with Crippen LogP contribution in [0.1, 0.15) is 0 Å². The third kappa shape index (κ3) is 2.13. The summed E-state index contributed by atoms with van der Waals surface area (Å²) in [7, 11) is 0. The summed E-state index contributed by atoms with van der Waals surface area (Å²) in [6.07, 6.45) is 0. The van der Waals surface area contributed by atoms with E-state index in [1.807, 2.05) is 8.70 Å². The Morgan fingerprint density at radius 1 is 0.750 bits per heavy atom. The van der Waals surface area contributed by atoms with Crippen LogP contribution in [0.25, 0.3) is 0 Å². The van der Waals surface area contributed by atoms with Crippen LogP contribution in [0, 0.1) is 0 Å². The first-order valence-electron chi connectivity index (χ1n) is 5.43. The second-order valence-electron chi connectivity index (χ2n) is 5.17. The van der Waals surface area contributed by atoms with Crippen LogP contribution < -0.4 is 42.7 Å². The van der Waals surface area contributed by atoms with Gasteiger partial charge in [-0.25, -0.2) is 0 Å². The average molecular weight is 472 g/mol. The Balaban J connectivity index is 0.000000640. The molecule has 4 heteroatoms. The van der Waals surface area contributed by atoms with Crippen LogP contribution in [0.3, 0.4) is 0 Å². The molecule has 0 aliphatic carbocycles. The molecule has 0 unspecified atom stereocenters. The summed E-state index contributed by atoms with van der Waals surface area (Å²) < 4.78 is 3.77. The molecule has 1 saturated heterocycles. The van der Waals surface area contributed by atoms with Gasteiger partial charge in [-0.15, -0.1) is 0 Å². The van der Waals surface area contributed by atoms with Gasteiger partial charge in [-0.05, 0) is 0 Å². The molecule has 3 aliphatic rings. The van der Waals surface area contributed by atoms with Gasteiger partial charge in [0, 0.05) is 0 Å². The molecule has 0 spiro atoms. The quantitative estimate of drug-likeness (QED) is 0.342. The number of rotatable bonds is 0. The van der Waals surface area contributed by atoms with Crippen molar-refractivity contribution in [2.24, 2.45) is 0 Å². The van der Waals surface area contributed by atoms with Crippen LogP contribution in [0.5, 0.6) is 0 Å². The Morgan fingerprint density at radius 3 is 1.38 bits per heavy atom. The second-order valence-corrected chi connectivity index (χ2v) is 22.7. The monoisotopic (exact) mass is 470 g/mol. The van der Waals surface area contributed by atoms with E-state index >= 15 is 0 Å². The van der Waals surface area contributed by atoms with E-state index < -0.39 is 27.1 Å². The Morgan fingerprint density at radius 2 is 1.06 bits per heavy atom. The molecule has 4 rings (SSSR count). The van der Waals surface area contributed by atoms with Gasteiger partial charge in [0.25, 0.3) is 0 Å². The van der Waals surface area contributed by atoms with Crippen molar-refractivity contribution in [2.75, 3.05) is 0 Å². The molecular weight excluding hydrogens is 454 g/mol. The SMILES string of the molecule is C[As+]12CC[As+](C)(CC1)c1ccccc12.[Br-].[Br-]. The number of halogens is 2. The normalized spacial score (nSPS) is 34.6. The van der Waals surface area contributed by atoms with Crippen LogP contribution in [0.2, 0.25) is 32.3 Å². The largest absolute Gasteiger partial charge is 1.00 e. The predicted octanol–water partition coefficient (Wildman–Crippen LogP) is -3.71. The van der Waals surface area contributed by atoms with Gasteiger partial charge in [-0.1, -0.05) is 0 Å². The summed E-state index contributed by atoms with van der Waals surface area (Å²) in [6.45, 7) is 0. The van der Waals surface area contributed by atoms with Gasteiger partial charge in [0.15, 0.2) is 0 Å². The molecule has 0 saturated carbocycles. The fourth-order valence-electron chi connectivity index (χ4n) is 2.97. The molecule has 0 aromatic heterocycles. The molecule has 0 nitrogen and oxygen atoms in total. The summed E-state index contributed by atoms with van der Waals surface area (Å²) in [5.74, 6) is 0. The molecule has 1 fully saturated rings. The number of hydrogen-bond donors (Lipinski definition) is 0. The van der Waals surface area contributed by atoms with Crippen LogP contribution in [-0.2, 0) is 0 Å². The summed E-state index contributed by atoms with van der Waals surface area (Å²) >= 11 is -2.65. The van der Waals surface area contributed by atoms with Crippen molar-refractivity contribution in [3.05, 3.63) is 24.3 Å². The zero-order valence-electron chi connectivity index (χ0n) is 9.79. The first-order chi connectivity index (χ1) is 6.64.